The molecule has 2 aromatic rings. The molecule has 0 atom stereocenters. The topological polar surface area (TPSA) is 52.2 Å². The van der Waals surface area contributed by atoms with Crippen LogP contribution in [0.1, 0.15) is 22.5 Å². The summed E-state index contributed by atoms with van der Waals surface area (Å²) in [6.07, 6.45) is 1.75. The van der Waals surface area contributed by atoms with E-state index >= 15 is 0 Å². The van der Waals surface area contributed by atoms with Gasteiger partial charge in [0.25, 0.3) is 0 Å². The summed E-state index contributed by atoms with van der Waals surface area (Å²) >= 11 is 5.21. The van der Waals surface area contributed by atoms with Gasteiger partial charge in [-0.2, -0.15) is 5.10 Å². The molecule has 1 aromatic carbocycles. The molecule has 0 aliphatic carbocycles. The molecule has 0 fully saturated rings. The Labute approximate surface area is 124 Å². The molecule has 0 aliphatic rings. The van der Waals surface area contributed by atoms with Crippen LogP contribution < -0.4 is 10.7 Å². The molecule has 0 spiro atoms. The zero-order chi connectivity index (χ0) is 14.5. The van der Waals surface area contributed by atoms with Gasteiger partial charge in [-0.3, -0.25) is 5.43 Å². The van der Waals surface area contributed by atoms with Crippen molar-refractivity contribution in [3.05, 3.63) is 52.8 Å². The van der Waals surface area contributed by atoms with Crippen LogP contribution in [-0.4, -0.2) is 16.3 Å². The SMILES string of the molecule is Cc1cc(/C=N/NC(=S)Nc2ccccc2C)c(C)[nH]1. The molecule has 104 valence electrons. The van der Waals surface area contributed by atoms with Crippen LogP contribution in [0.25, 0.3) is 0 Å². The van der Waals surface area contributed by atoms with Crippen molar-refractivity contribution in [3.63, 3.8) is 0 Å². The molecule has 20 heavy (non-hydrogen) atoms. The van der Waals surface area contributed by atoms with Gasteiger partial charge in [0.1, 0.15) is 0 Å². The van der Waals surface area contributed by atoms with E-state index in [4.69, 9.17) is 12.2 Å². The number of rotatable bonds is 3. The smallest absolute Gasteiger partial charge is 0.191 e. The average molecular weight is 286 g/mol. The molecule has 0 amide bonds. The van der Waals surface area contributed by atoms with E-state index in [1.54, 1.807) is 6.21 Å². The monoisotopic (exact) mass is 286 g/mol. The van der Waals surface area contributed by atoms with Crippen molar-refractivity contribution >= 4 is 29.2 Å². The van der Waals surface area contributed by atoms with Crippen molar-refractivity contribution in [1.82, 2.24) is 10.4 Å². The van der Waals surface area contributed by atoms with Crippen LogP contribution in [0, 0.1) is 20.8 Å². The molecule has 5 heteroatoms. The normalized spacial score (nSPS) is 10.8. The Kier molecular flexibility index (Phi) is 4.53. The first kappa shape index (κ1) is 14.3. The second-order valence-corrected chi connectivity index (χ2v) is 5.08. The number of nitrogens with zero attached hydrogens (tertiary/aromatic N) is 1. The number of aromatic nitrogens is 1. The number of anilines is 1. The van der Waals surface area contributed by atoms with E-state index in [1.165, 1.54) is 0 Å². The minimum atomic E-state index is 0.473. The summed E-state index contributed by atoms with van der Waals surface area (Å²) in [5, 5.41) is 7.73. The highest BCUT2D eigenvalue weighted by molar-refractivity contribution is 7.80. The van der Waals surface area contributed by atoms with E-state index in [0.717, 1.165) is 28.2 Å². The molecule has 0 saturated carbocycles. The molecular formula is C15H18N4S. The number of nitrogens with one attached hydrogen (secondary N) is 3. The van der Waals surface area contributed by atoms with Crippen LogP contribution in [0.4, 0.5) is 5.69 Å². The number of benzene rings is 1. The summed E-state index contributed by atoms with van der Waals surface area (Å²) in [7, 11) is 0. The fraction of sp³-hybridized carbons (Fsp3) is 0.200. The summed E-state index contributed by atoms with van der Waals surface area (Å²) in [5.41, 5.74) is 8.19. The minimum absolute atomic E-state index is 0.473. The van der Waals surface area contributed by atoms with Gasteiger partial charge in [-0.05, 0) is 50.7 Å². The van der Waals surface area contributed by atoms with E-state index in [2.05, 4.69) is 20.8 Å². The Morgan fingerprint density at radius 1 is 1.25 bits per heavy atom. The van der Waals surface area contributed by atoms with Gasteiger partial charge in [-0.1, -0.05) is 18.2 Å². The number of hydrogen-bond donors (Lipinski definition) is 3. The molecule has 0 bridgehead atoms. The van der Waals surface area contributed by atoms with E-state index in [0.29, 0.717) is 5.11 Å². The van der Waals surface area contributed by atoms with Crippen molar-refractivity contribution in [3.8, 4) is 0 Å². The quantitative estimate of drug-likeness (QED) is 0.461. The summed E-state index contributed by atoms with van der Waals surface area (Å²) in [6, 6.07) is 10.0. The van der Waals surface area contributed by atoms with Crippen LogP contribution >= 0.6 is 12.2 Å². The third kappa shape index (κ3) is 3.68. The number of thiocarbonyl (C=S) groups is 1. The second-order valence-electron chi connectivity index (χ2n) is 4.67. The van der Waals surface area contributed by atoms with Crippen LogP contribution in [0.5, 0.6) is 0 Å². The van der Waals surface area contributed by atoms with Crippen molar-refractivity contribution in [2.75, 3.05) is 5.32 Å². The highest BCUT2D eigenvalue weighted by Crippen LogP contribution is 2.12. The Balaban J connectivity index is 1.93. The molecule has 0 saturated heterocycles. The second kappa shape index (κ2) is 6.34. The average Bonchev–Trinajstić information content (AvgIpc) is 2.71. The third-order valence-corrected chi connectivity index (χ3v) is 3.15. The predicted molar refractivity (Wildman–Crippen MR) is 88.4 cm³/mol. The number of hydrazone groups is 1. The van der Waals surface area contributed by atoms with Crippen molar-refractivity contribution < 1.29 is 0 Å². The highest BCUT2D eigenvalue weighted by Gasteiger charge is 2.00. The summed E-state index contributed by atoms with van der Waals surface area (Å²) < 4.78 is 0. The zero-order valence-electron chi connectivity index (χ0n) is 11.8. The Hall–Kier alpha value is -2.14. The summed E-state index contributed by atoms with van der Waals surface area (Å²) in [5.74, 6) is 0. The van der Waals surface area contributed by atoms with E-state index in [9.17, 15) is 0 Å². The maximum atomic E-state index is 5.21. The standard InChI is InChI=1S/C15H18N4S/c1-10-6-4-5-7-14(10)18-15(20)19-16-9-13-8-11(2)17-12(13)3/h4-9,17H,1-3H3,(H2,18,19,20)/b16-9+. The summed E-state index contributed by atoms with van der Waals surface area (Å²) in [6.45, 7) is 6.06. The Morgan fingerprint density at radius 2 is 2.00 bits per heavy atom. The lowest BCUT2D eigenvalue weighted by molar-refractivity contribution is 1.05. The number of aryl methyl sites for hydroxylation is 3. The van der Waals surface area contributed by atoms with E-state index in [1.807, 2.05) is 51.1 Å². The fourth-order valence-corrected chi connectivity index (χ4v) is 2.07. The minimum Gasteiger partial charge on any atom is -0.362 e. The van der Waals surface area contributed by atoms with Gasteiger partial charge >= 0.3 is 0 Å². The molecule has 3 N–H and O–H groups in total. The van der Waals surface area contributed by atoms with Crippen molar-refractivity contribution in [1.29, 1.82) is 0 Å². The Bertz CT molecular complexity index is 643. The lowest BCUT2D eigenvalue weighted by atomic mass is 10.2. The van der Waals surface area contributed by atoms with Gasteiger partial charge in [0.2, 0.25) is 0 Å². The van der Waals surface area contributed by atoms with Crippen LogP contribution in [0.3, 0.4) is 0 Å². The Morgan fingerprint density at radius 3 is 2.65 bits per heavy atom. The number of H-pyrrole nitrogens is 1. The van der Waals surface area contributed by atoms with Gasteiger partial charge in [0.05, 0.1) is 6.21 Å². The van der Waals surface area contributed by atoms with Gasteiger partial charge in [0.15, 0.2) is 5.11 Å². The number of hydrogen-bond acceptors (Lipinski definition) is 2. The third-order valence-electron chi connectivity index (χ3n) is 2.95. The lowest BCUT2D eigenvalue weighted by Gasteiger charge is -2.09. The van der Waals surface area contributed by atoms with Crippen LogP contribution in [0.2, 0.25) is 0 Å². The summed E-state index contributed by atoms with van der Waals surface area (Å²) in [4.78, 5) is 3.23. The first-order valence-electron chi connectivity index (χ1n) is 6.38. The predicted octanol–water partition coefficient (Wildman–Crippen LogP) is 3.26. The van der Waals surface area contributed by atoms with Crippen LogP contribution in [0.15, 0.2) is 35.4 Å². The highest BCUT2D eigenvalue weighted by atomic mass is 32.1. The lowest BCUT2D eigenvalue weighted by Crippen LogP contribution is -2.24. The molecule has 1 aromatic heterocycles. The molecular weight excluding hydrogens is 268 g/mol. The molecule has 0 aliphatic heterocycles. The largest absolute Gasteiger partial charge is 0.362 e. The first-order chi connectivity index (χ1) is 9.56. The van der Waals surface area contributed by atoms with Crippen molar-refractivity contribution in [2.45, 2.75) is 20.8 Å². The van der Waals surface area contributed by atoms with Gasteiger partial charge in [-0.25, -0.2) is 0 Å². The van der Waals surface area contributed by atoms with Crippen molar-refractivity contribution in [2.24, 2.45) is 5.10 Å². The van der Waals surface area contributed by atoms with Crippen LogP contribution in [-0.2, 0) is 0 Å². The molecule has 0 unspecified atom stereocenters. The fourth-order valence-electron chi connectivity index (χ4n) is 1.90. The maximum absolute atomic E-state index is 5.21. The molecule has 4 nitrogen and oxygen atoms in total. The molecule has 2 rings (SSSR count). The van der Waals surface area contributed by atoms with Gasteiger partial charge in [-0.15, -0.1) is 0 Å². The van der Waals surface area contributed by atoms with Gasteiger partial charge < -0.3 is 10.3 Å². The van der Waals surface area contributed by atoms with E-state index in [-0.39, 0.29) is 0 Å². The maximum Gasteiger partial charge on any atom is 0.191 e. The molecule has 1 heterocycles. The number of aromatic amines is 1. The first-order valence-corrected chi connectivity index (χ1v) is 6.79. The van der Waals surface area contributed by atoms with Gasteiger partial charge in [0, 0.05) is 22.6 Å². The number of para-hydroxylation sites is 1. The van der Waals surface area contributed by atoms with E-state index < -0.39 is 0 Å². The zero-order valence-corrected chi connectivity index (χ0v) is 12.6. The molecule has 0 radical (unpaired) electrons.